The molecule has 1 saturated heterocycles. The third-order valence-electron chi connectivity index (χ3n) is 4.43. The molecule has 0 bridgehead atoms. The Labute approximate surface area is 159 Å². The smallest absolute Gasteiger partial charge is 0.257 e. The summed E-state index contributed by atoms with van der Waals surface area (Å²) >= 11 is 5.82. The zero-order valence-electron chi connectivity index (χ0n) is 14.7. The second kappa shape index (κ2) is 9.46. The summed E-state index contributed by atoms with van der Waals surface area (Å²) in [4.78, 5) is 16.6. The molecule has 6 heteroatoms. The van der Waals surface area contributed by atoms with Gasteiger partial charge in [0.15, 0.2) is 6.61 Å². The number of hydrogen-bond acceptors (Lipinski definition) is 4. The maximum atomic E-state index is 11.9. The van der Waals surface area contributed by atoms with Crippen LogP contribution in [0.3, 0.4) is 0 Å². The van der Waals surface area contributed by atoms with E-state index in [1.54, 1.807) is 24.3 Å². The number of nitrogens with zero attached hydrogens (tertiary/aromatic N) is 2. The molecule has 1 aliphatic rings. The van der Waals surface area contributed by atoms with Crippen LogP contribution in [-0.2, 0) is 4.79 Å². The standard InChI is InChI=1S/C20H24ClN3O2/c21-17-6-8-19(9-7-17)26-16-20(25)22-10-11-23-12-14-24(15-13-23)18-4-2-1-3-5-18/h1-9H,10-16H2,(H,22,25). The Hall–Kier alpha value is -2.24. The minimum atomic E-state index is -0.108. The number of amides is 1. The van der Waals surface area contributed by atoms with Gasteiger partial charge in [0.1, 0.15) is 5.75 Å². The summed E-state index contributed by atoms with van der Waals surface area (Å²) in [7, 11) is 0. The van der Waals surface area contributed by atoms with Gasteiger partial charge in [-0.2, -0.15) is 0 Å². The fourth-order valence-electron chi connectivity index (χ4n) is 2.95. The number of halogens is 1. The maximum absolute atomic E-state index is 11.9. The highest BCUT2D eigenvalue weighted by atomic mass is 35.5. The van der Waals surface area contributed by atoms with Crippen molar-refractivity contribution in [3.63, 3.8) is 0 Å². The molecule has 26 heavy (non-hydrogen) atoms. The van der Waals surface area contributed by atoms with E-state index in [9.17, 15) is 4.79 Å². The molecular formula is C20H24ClN3O2. The highest BCUT2D eigenvalue weighted by Gasteiger charge is 2.16. The minimum Gasteiger partial charge on any atom is -0.484 e. The van der Waals surface area contributed by atoms with E-state index in [2.05, 4.69) is 39.4 Å². The maximum Gasteiger partial charge on any atom is 0.257 e. The fraction of sp³-hybridized carbons (Fsp3) is 0.350. The summed E-state index contributed by atoms with van der Waals surface area (Å²) in [6.45, 7) is 5.54. The molecule has 5 nitrogen and oxygen atoms in total. The lowest BCUT2D eigenvalue weighted by atomic mass is 10.2. The van der Waals surface area contributed by atoms with Crippen LogP contribution in [0, 0.1) is 0 Å². The molecule has 0 saturated carbocycles. The third-order valence-corrected chi connectivity index (χ3v) is 4.68. The molecule has 2 aromatic carbocycles. The first-order chi connectivity index (χ1) is 12.7. The molecule has 0 spiro atoms. The van der Waals surface area contributed by atoms with E-state index in [1.165, 1.54) is 5.69 Å². The Kier molecular flexibility index (Phi) is 6.75. The predicted octanol–water partition coefficient (Wildman–Crippen LogP) is 2.66. The molecule has 0 aromatic heterocycles. The van der Waals surface area contributed by atoms with Gasteiger partial charge in [0.05, 0.1) is 0 Å². The lowest BCUT2D eigenvalue weighted by molar-refractivity contribution is -0.123. The normalized spacial score (nSPS) is 14.9. The molecule has 3 rings (SSSR count). The van der Waals surface area contributed by atoms with E-state index in [1.807, 2.05) is 6.07 Å². The van der Waals surface area contributed by atoms with Gasteiger partial charge in [-0.3, -0.25) is 9.69 Å². The van der Waals surface area contributed by atoms with Gasteiger partial charge in [0, 0.05) is 50.0 Å². The molecule has 2 aromatic rings. The van der Waals surface area contributed by atoms with Crippen LogP contribution in [0.2, 0.25) is 5.02 Å². The first kappa shape index (κ1) is 18.5. The predicted molar refractivity (Wildman–Crippen MR) is 105 cm³/mol. The van der Waals surface area contributed by atoms with Crippen molar-refractivity contribution < 1.29 is 9.53 Å². The van der Waals surface area contributed by atoms with Gasteiger partial charge < -0.3 is 15.0 Å². The molecule has 0 aliphatic carbocycles. The van der Waals surface area contributed by atoms with E-state index in [-0.39, 0.29) is 12.5 Å². The quantitative estimate of drug-likeness (QED) is 0.810. The Bertz CT molecular complexity index is 686. The SMILES string of the molecule is O=C(COc1ccc(Cl)cc1)NCCN1CCN(c2ccccc2)CC1. The number of carbonyl (C=O) groups excluding carboxylic acids is 1. The number of nitrogens with one attached hydrogen (secondary N) is 1. The second-order valence-corrected chi connectivity index (χ2v) is 6.69. The highest BCUT2D eigenvalue weighted by Crippen LogP contribution is 2.16. The van der Waals surface area contributed by atoms with Gasteiger partial charge in [0.2, 0.25) is 0 Å². The van der Waals surface area contributed by atoms with Crippen LogP contribution in [0.5, 0.6) is 5.75 Å². The fourth-order valence-corrected chi connectivity index (χ4v) is 3.08. The van der Waals surface area contributed by atoms with Gasteiger partial charge in [0.25, 0.3) is 5.91 Å². The molecule has 1 N–H and O–H groups in total. The summed E-state index contributed by atoms with van der Waals surface area (Å²) in [5.41, 5.74) is 1.28. The summed E-state index contributed by atoms with van der Waals surface area (Å²) in [5, 5.41) is 3.56. The zero-order valence-corrected chi connectivity index (χ0v) is 15.5. The minimum absolute atomic E-state index is 0.0173. The van der Waals surface area contributed by atoms with Crippen LogP contribution in [-0.4, -0.2) is 56.7 Å². The van der Waals surface area contributed by atoms with Crippen molar-refractivity contribution in [1.29, 1.82) is 0 Å². The van der Waals surface area contributed by atoms with Gasteiger partial charge in [-0.15, -0.1) is 0 Å². The number of rotatable bonds is 7. The molecule has 1 heterocycles. The molecule has 1 aliphatic heterocycles. The van der Waals surface area contributed by atoms with E-state index in [4.69, 9.17) is 16.3 Å². The molecule has 0 atom stereocenters. The van der Waals surface area contributed by atoms with Crippen LogP contribution in [0.15, 0.2) is 54.6 Å². The topological polar surface area (TPSA) is 44.8 Å². The number of hydrogen-bond donors (Lipinski definition) is 1. The molecule has 1 amide bonds. The van der Waals surface area contributed by atoms with Crippen LogP contribution < -0.4 is 15.0 Å². The van der Waals surface area contributed by atoms with Crippen LogP contribution >= 0.6 is 11.6 Å². The number of para-hydroxylation sites is 1. The van der Waals surface area contributed by atoms with Crippen LogP contribution in [0.4, 0.5) is 5.69 Å². The van der Waals surface area contributed by atoms with Crippen molar-refractivity contribution in [3.8, 4) is 5.75 Å². The third kappa shape index (κ3) is 5.64. The molecule has 1 fully saturated rings. The van der Waals surface area contributed by atoms with Crippen molar-refractivity contribution in [2.45, 2.75) is 0 Å². The Morgan fingerprint density at radius 1 is 1.00 bits per heavy atom. The van der Waals surface area contributed by atoms with E-state index < -0.39 is 0 Å². The van der Waals surface area contributed by atoms with Crippen LogP contribution in [0.1, 0.15) is 0 Å². The highest BCUT2D eigenvalue weighted by molar-refractivity contribution is 6.30. The van der Waals surface area contributed by atoms with E-state index in [0.29, 0.717) is 17.3 Å². The Balaban J connectivity index is 1.30. The van der Waals surface area contributed by atoms with Crippen molar-refractivity contribution in [3.05, 3.63) is 59.6 Å². The monoisotopic (exact) mass is 373 g/mol. The van der Waals surface area contributed by atoms with Crippen LogP contribution in [0.25, 0.3) is 0 Å². The van der Waals surface area contributed by atoms with Crippen molar-refractivity contribution in [2.24, 2.45) is 0 Å². The van der Waals surface area contributed by atoms with Gasteiger partial charge in [-0.05, 0) is 36.4 Å². The number of ether oxygens (including phenoxy) is 1. The molecule has 0 unspecified atom stereocenters. The molecule has 138 valence electrons. The number of piperazine rings is 1. The number of anilines is 1. The first-order valence-corrected chi connectivity index (χ1v) is 9.26. The lowest BCUT2D eigenvalue weighted by Crippen LogP contribution is -2.48. The number of carbonyl (C=O) groups is 1. The Morgan fingerprint density at radius 2 is 1.69 bits per heavy atom. The second-order valence-electron chi connectivity index (χ2n) is 6.26. The Morgan fingerprint density at radius 3 is 2.38 bits per heavy atom. The number of benzene rings is 2. The first-order valence-electron chi connectivity index (χ1n) is 8.88. The van der Waals surface area contributed by atoms with Crippen molar-refractivity contribution in [2.75, 3.05) is 50.8 Å². The van der Waals surface area contributed by atoms with Crippen molar-refractivity contribution >= 4 is 23.2 Å². The van der Waals surface area contributed by atoms with E-state index >= 15 is 0 Å². The zero-order chi connectivity index (χ0) is 18.2. The van der Waals surface area contributed by atoms with Gasteiger partial charge in [-0.25, -0.2) is 0 Å². The lowest BCUT2D eigenvalue weighted by Gasteiger charge is -2.36. The van der Waals surface area contributed by atoms with Crippen molar-refractivity contribution in [1.82, 2.24) is 10.2 Å². The van der Waals surface area contributed by atoms with Gasteiger partial charge >= 0.3 is 0 Å². The largest absolute Gasteiger partial charge is 0.484 e. The average molecular weight is 374 g/mol. The molecule has 0 radical (unpaired) electrons. The summed E-state index contributed by atoms with van der Waals surface area (Å²) in [6, 6.07) is 17.5. The van der Waals surface area contributed by atoms with Gasteiger partial charge in [-0.1, -0.05) is 29.8 Å². The summed E-state index contributed by atoms with van der Waals surface area (Å²) in [6.07, 6.45) is 0. The summed E-state index contributed by atoms with van der Waals surface area (Å²) in [5.74, 6) is 0.532. The summed E-state index contributed by atoms with van der Waals surface area (Å²) < 4.78 is 5.44. The van der Waals surface area contributed by atoms with E-state index in [0.717, 1.165) is 32.7 Å². The molecular weight excluding hydrogens is 350 g/mol. The average Bonchev–Trinajstić information content (AvgIpc) is 2.69.